The van der Waals surface area contributed by atoms with E-state index in [-0.39, 0.29) is 0 Å². The number of carboxylic acid groups (broad SMARTS) is 1. The number of sulfonamides is 1. The summed E-state index contributed by atoms with van der Waals surface area (Å²) in [7, 11) is -4.58. The fourth-order valence-corrected chi connectivity index (χ4v) is 2.48. The lowest BCUT2D eigenvalue weighted by Gasteiger charge is -2.12. The molecule has 0 aliphatic carbocycles. The Morgan fingerprint density at radius 3 is 2.50 bits per heavy atom. The normalized spacial score (nSPS) is 12.9. The number of carbonyl (C=O) groups is 1. The predicted molar refractivity (Wildman–Crippen MR) is 61.9 cm³/mol. The predicted octanol–water partition coefficient (Wildman–Crippen LogP) is -0.542. The Kier molecular flexibility index (Phi) is 4.70. The molecule has 110 valence electrons. The molecule has 0 fully saturated rings. The van der Waals surface area contributed by atoms with Gasteiger partial charge in [-0.3, -0.25) is 14.9 Å². The van der Waals surface area contributed by atoms with Gasteiger partial charge in [0.2, 0.25) is 10.0 Å². The molecule has 0 heterocycles. The first-order chi connectivity index (χ1) is 9.19. The monoisotopic (exact) mass is 308 g/mol. The summed E-state index contributed by atoms with van der Waals surface area (Å²) < 4.78 is 38.5. The highest BCUT2D eigenvalue weighted by Gasteiger charge is 2.27. The lowest BCUT2D eigenvalue weighted by Crippen LogP contribution is -2.43. The van der Waals surface area contributed by atoms with Crippen LogP contribution in [-0.2, 0) is 14.8 Å². The number of nitro groups is 1. The second-order valence-corrected chi connectivity index (χ2v) is 5.25. The van der Waals surface area contributed by atoms with Gasteiger partial charge >= 0.3 is 5.97 Å². The van der Waals surface area contributed by atoms with Gasteiger partial charge in [0.1, 0.15) is 16.8 Å². The van der Waals surface area contributed by atoms with Crippen LogP contribution in [-0.4, -0.2) is 42.2 Å². The van der Waals surface area contributed by atoms with Crippen LogP contribution in [0.15, 0.2) is 23.1 Å². The minimum Gasteiger partial charge on any atom is -0.480 e. The van der Waals surface area contributed by atoms with Crippen LogP contribution < -0.4 is 4.72 Å². The molecule has 9 nitrogen and oxygen atoms in total. The Balaban J connectivity index is 3.16. The number of non-ortho nitro benzene ring substituents is 1. The molecule has 20 heavy (non-hydrogen) atoms. The maximum atomic E-state index is 13.5. The highest BCUT2D eigenvalue weighted by molar-refractivity contribution is 7.89. The van der Waals surface area contributed by atoms with E-state index in [1.165, 1.54) is 0 Å². The SMILES string of the molecule is O=C(O)[C@@H](CO)NS(=O)(=O)c1ccc([N+](=O)[O-])cc1F. The summed E-state index contributed by atoms with van der Waals surface area (Å²) in [6.07, 6.45) is 0. The van der Waals surface area contributed by atoms with Gasteiger partial charge in [0.05, 0.1) is 17.6 Å². The van der Waals surface area contributed by atoms with Gasteiger partial charge in [-0.05, 0) is 6.07 Å². The van der Waals surface area contributed by atoms with E-state index in [1.807, 2.05) is 0 Å². The molecule has 0 aliphatic rings. The third-order valence-corrected chi connectivity index (χ3v) is 3.70. The number of aliphatic carboxylic acids is 1. The number of nitrogens with one attached hydrogen (secondary N) is 1. The fourth-order valence-electron chi connectivity index (χ4n) is 1.24. The number of hydrogen-bond donors (Lipinski definition) is 3. The Bertz CT molecular complexity index is 646. The van der Waals surface area contributed by atoms with Gasteiger partial charge in [0.15, 0.2) is 0 Å². The molecule has 11 heteroatoms. The number of hydrogen-bond acceptors (Lipinski definition) is 6. The van der Waals surface area contributed by atoms with Crippen molar-refractivity contribution in [1.29, 1.82) is 0 Å². The van der Waals surface area contributed by atoms with Crippen LogP contribution in [0.4, 0.5) is 10.1 Å². The molecule has 0 spiro atoms. The molecule has 0 saturated heterocycles. The molecular formula is C9H9FN2O7S. The number of halogens is 1. The van der Waals surface area contributed by atoms with Crippen LogP contribution in [0.1, 0.15) is 0 Å². The van der Waals surface area contributed by atoms with Crippen molar-refractivity contribution < 1.29 is 32.7 Å². The molecule has 0 unspecified atom stereocenters. The number of nitrogens with zero attached hydrogens (tertiary/aromatic N) is 1. The number of carboxylic acids is 1. The average molecular weight is 308 g/mol. The Morgan fingerprint density at radius 2 is 2.10 bits per heavy atom. The van der Waals surface area contributed by atoms with Gasteiger partial charge in [-0.25, -0.2) is 12.8 Å². The minimum atomic E-state index is -4.58. The summed E-state index contributed by atoms with van der Waals surface area (Å²) in [6, 6.07) is -0.0727. The summed E-state index contributed by atoms with van der Waals surface area (Å²) in [5.41, 5.74) is -0.654. The maximum Gasteiger partial charge on any atom is 0.324 e. The van der Waals surface area contributed by atoms with Crippen molar-refractivity contribution in [1.82, 2.24) is 4.72 Å². The van der Waals surface area contributed by atoms with Crippen molar-refractivity contribution in [2.45, 2.75) is 10.9 Å². The second kappa shape index (κ2) is 5.90. The highest BCUT2D eigenvalue weighted by atomic mass is 32.2. The average Bonchev–Trinajstić information content (AvgIpc) is 2.35. The Hall–Kier alpha value is -2.11. The molecule has 0 radical (unpaired) electrons. The van der Waals surface area contributed by atoms with E-state index in [0.29, 0.717) is 12.1 Å². The first-order valence-electron chi connectivity index (χ1n) is 4.99. The van der Waals surface area contributed by atoms with E-state index in [0.717, 1.165) is 6.07 Å². The van der Waals surface area contributed by atoms with Gasteiger partial charge < -0.3 is 10.2 Å². The van der Waals surface area contributed by atoms with Crippen LogP contribution >= 0.6 is 0 Å². The number of rotatable bonds is 6. The zero-order chi connectivity index (χ0) is 15.5. The lowest BCUT2D eigenvalue weighted by molar-refractivity contribution is -0.385. The topological polar surface area (TPSA) is 147 Å². The fraction of sp³-hybridized carbons (Fsp3) is 0.222. The maximum absolute atomic E-state index is 13.5. The van der Waals surface area contributed by atoms with Gasteiger partial charge in [-0.2, -0.15) is 4.72 Å². The first kappa shape index (κ1) is 15.9. The second-order valence-electron chi connectivity index (χ2n) is 3.57. The van der Waals surface area contributed by atoms with Crippen molar-refractivity contribution in [2.24, 2.45) is 0 Å². The lowest BCUT2D eigenvalue weighted by atomic mass is 10.3. The van der Waals surface area contributed by atoms with Crippen LogP contribution in [0.25, 0.3) is 0 Å². The van der Waals surface area contributed by atoms with E-state index >= 15 is 0 Å². The van der Waals surface area contributed by atoms with E-state index < -0.39 is 50.0 Å². The van der Waals surface area contributed by atoms with Crippen molar-refractivity contribution in [3.63, 3.8) is 0 Å². The number of benzene rings is 1. The molecule has 1 aromatic rings. The quantitative estimate of drug-likeness (QED) is 0.472. The molecule has 1 rings (SSSR count). The molecule has 0 aliphatic heterocycles. The molecule has 1 aromatic carbocycles. The molecular weight excluding hydrogens is 299 g/mol. The van der Waals surface area contributed by atoms with Crippen LogP contribution in [0.5, 0.6) is 0 Å². The summed E-state index contributed by atoms with van der Waals surface area (Å²) in [4.78, 5) is 19.1. The van der Waals surface area contributed by atoms with Crippen molar-refractivity contribution in [2.75, 3.05) is 6.61 Å². The van der Waals surface area contributed by atoms with Gasteiger partial charge in [-0.1, -0.05) is 0 Å². The zero-order valence-corrected chi connectivity index (χ0v) is 10.5. The number of aliphatic hydroxyl groups excluding tert-OH is 1. The van der Waals surface area contributed by atoms with Gasteiger partial charge in [0.25, 0.3) is 5.69 Å². The molecule has 0 saturated carbocycles. The van der Waals surface area contributed by atoms with Crippen LogP contribution in [0, 0.1) is 15.9 Å². The third-order valence-electron chi connectivity index (χ3n) is 2.19. The largest absolute Gasteiger partial charge is 0.480 e. The minimum absolute atomic E-state index is 0.392. The van der Waals surface area contributed by atoms with Gasteiger partial charge in [-0.15, -0.1) is 0 Å². The molecule has 0 amide bonds. The standard InChI is InChI=1S/C9H9FN2O7S/c10-6-3-5(12(16)17)1-2-8(6)20(18,19)11-7(4-13)9(14)15/h1-3,7,11,13H,4H2,(H,14,15)/t7-/m1/s1. The third kappa shape index (κ3) is 3.46. The zero-order valence-electron chi connectivity index (χ0n) is 9.69. The van der Waals surface area contributed by atoms with Crippen molar-refractivity contribution in [3.05, 3.63) is 34.1 Å². The highest BCUT2D eigenvalue weighted by Crippen LogP contribution is 2.20. The van der Waals surface area contributed by atoms with Crippen LogP contribution in [0.3, 0.4) is 0 Å². The van der Waals surface area contributed by atoms with Gasteiger partial charge in [0, 0.05) is 6.07 Å². The van der Waals surface area contributed by atoms with E-state index in [2.05, 4.69) is 0 Å². The Labute approximate surface area is 111 Å². The smallest absolute Gasteiger partial charge is 0.324 e. The number of nitro benzene ring substituents is 1. The molecule has 1 atom stereocenters. The molecule has 3 N–H and O–H groups in total. The Morgan fingerprint density at radius 1 is 1.50 bits per heavy atom. The van der Waals surface area contributed by atoms with E-state index in [1.54, 1.807) is 4.72 Å². The molecule has 0 bridgehead atoms. The summed E-state index contributed by atoms with van der Waals surface area (Å²) in [5, 5.41) is 27.7. The van der Waals surface area contributed by atoms with Crippen molar-refractivity contribution >= 4 is 21.7 Å². The van der Waals surface area contributed by atoms with Crippen molar-refractivity contribution in [3.8, 4) is 0 Å². The summed E-state index contributed by atoms with van der Waals surface area (Å²) in [5.74, 6) is -3.06. The number of aliphatic hydroxyl groups is 1. The first-order valence-corrected chi connectivity index (χ1v) is 6.47. The van der Waals surface area contributed by atoms with E-state index in [9.17, 15) is 27.7 Å². The summed E-state index contributed by atoms with van der Waals surface area (Å²) in [6.45, 7) is -1.04. The van der Waals surface area contributed by atoms with Crippen LogP contribution in [0.2, 0.25) is 0 Å². The molecule has 0 aromatic heterocycles. The van der Waals surface area contributed by atoms with E-state index in [4.69, 9.17) is 10.2 Å². The summed E-state index contributed by atoms with van der Waals surface area (Å²) >= 11 is 0.